The minimum absolute atomic E-state index is 0.438. The second-order valence-electron chi connectivity index (χ2n) is 9.77. The van der Waals surface area contributed by atoms with Crippen molar-refractivity contribution < 1.29 is 9.53 Å². The quantitative estimate of drug-likeness (QED) is 0.755. The van der Waals surface area contributed by atoms with Crippen molar-refractivity contribution in [3.8, 4) is 0 Å². The minimum atomic E-state index is 0.438. The fourth-order valence-electron chi connectivity index (χ4n) is 6.02. The molecule has 1 amide bonds. The first-order chi connectivity index (χ1) is 13.1. The topological polar surface area (TPSA) is 36.0 Å². The third kappa shape index (κ3) is 4.86. The molecule has 1 unspecified atom stereocenters. The molecular weight excluding hydrogens is 338 g/mol. The third-order valence-electron chi connectivity index (χ3n) is 7.81. The van der Waals surface area contributed by atoms with Crippen molar-refractivity contribution in [2.75, 3.05) is 59.5 Å². The molecule has 0 aromatic carbocycles. The molecule has 0 aromatic heterocycles. The van der Waals surface area contributed by atoms with E-state index >= 15 is 0 Å². The lowest BCUT2D eigenvalue weighted by Gasteiger charge is -2.40. The lowest BCUT2D eigenvalue weighted by Crippen LogP contribution is -2.44. The van der Waals surface area contributed by atoms with Gasteiger partial charge in [0, 0.05) is 51.7 Å². The molecule has 4 aliphatic rings. The minimum Gasteiger partial charge on any atom is -0.379 e. The largest absolute Gasteiger partial charge is 0.379 e. The zero-order valence-electron chi connectivity index (χ0n) is 17.3. The maximum Gasteiger partial charge on any atom is 0.222 e. The highest BCUT2D eigenvalue weighted by molar-refractivity contribution is 5.76. The van der Waals surface area contributed by atoms with Crippen LogP contribution in [0.25, 0.3) is 0 Å². The van der Waals surface area contributed by atoms with E-state index in [1.807, 2.05) is 0 Å². The summed E-state index contributed by atoms with van der Waals surface area (Å²) in [4.78, 5) is 20.1. The highest BCUT2D eigenvalue weighted by atomic mass is 16.5. The number of nitrogens with zero attached hydrogens (tertiary/aromatic N) is 3. The first-order valence-electron chi connectivity index (χ1n) is 11.4. The maximum absolute atomic E-state index is 12.8. The third-order valence-corrected chi connectivity index (χ3v) is 7.81. The van der Waals surface area contributed by atoms with E-state index in [4.69, 9.17) is 4.74 Å². The van der Waals surface area contributed by atoms with Crippen molar-refractivity contribution in [1.29, 1.82) is 0 Å². The van der Waals surface area contributed by atoms with E-state index in [9.17, 15) is 4.79 Å². The van der Waals surface area contributed by atoms with Gasteiger partial charge in [-0.15, -0.1) is 0 Å². The van der Waals surface area contributed by atoms with Gasteiger partial charge in [-0.25, -0.2) is 0 Å². The van der Waals surface area contributed by atoms with Gasteiger partial charge in [0.1, 0.15) is 0 Å². The SMILES string of the molecule is CN1CC2(CCN(C(=O)CC3CCCCC3)CC2)CC1CN1CCOCC1. The number of carbonyl (C=O) groups excluding carboxylic acids is 1. The molecule has 0 bridgehead atoms. The molecule has 4 rings (SSSR count). The summed E-state index contributed by atoms with van der Waals surface area (Å²) in [5.41, 5.74) is 0.452. The average molecular weight is 378 g/mol. The monoisotopic (exact) mass is 377 g/mol. The molecule has 3 saturated heterocycles. The lowest BCUT2D eigenvalue weighted by molar-refractivity contribution is -0.134. The number of likely N-dealkylation sites (N-methyl/N-ethyl adjacent to an activating group) is 1. The summed E-state index contributed by atoms with van der Waals surface area (Å²) in [5, 5.41) is 0. The summed E-state index contributed by atoms with van der Waals surface area (Å²) in [6, 6.07) is 0.674. The molecule has 4 fully saturated rings. The highest BCUT2D eigenvalue weighted by Crippen LogP contribution is 2.43. The molecule has 27 heavy (non-hydrogen) atoms. The van der Waals surface area contributed by atoms with Crippen LogP contribution in [0.5, 0.6) is 0 Å². The van der Waals surface area contributed by atoms with E-state index in [-0.39, 0.29) is 0 Å². The van der Waals surface area contributed by atoms with Crippen LogP contribution in [0.3, 0.4) is 0 Å². The van der Waals surface area contributed by atoms with Gasteiger partial charge in [-0.3, -0.25) is 9.69 Å². The van der Waals surface area contributed by atoms with E-state index in [0.29, 0.717) is 23.3 Å². The Bertz CT molecular complexity index is 492. The van der Waals surface area contributed by atoms with Crippen LogP contribution in [0.15, 0.2) is 0 Å². The summed E-state index contributed by atoms with van der Waals surface area (Å²) in [6.07, 6.45) is 11.1. The first kappa shape index (κ1) is 19.7. The van der Waals surface area contributed by atoms with Crippen LogP contribution >= 0.6 is 0 Å². The number of carbonyl (C=O) groups is 1. The molecule has 0 radical (unpaired) electrons. The van der Waals surface area contributed by atoms with Gasteiger partial charge >= 0.3 is 0 Å². The summed E-state index contributed by atoms with van der Waals surface area (Å²) >= 11 is 0. The Labute approximate surface area is 165 Å². The van der Waals surface area contributed by atoms with Crippen molar-refractivity contribution in [1.82, 2.24) is 14.7 Å². The van der Waals surface area contributed by atoms with Crippen molar-refractivity contribution in [2.24, 2.45) is 11.3 Å². The van der Waals surface area contributed by atoms with Crippen molar-refractivity contribution in [3.05, 3.63) is 0 Å². The number of hydrogen-bond acceptors (Lipinski definition) is 4. The fraction of sp³-hybridized carbons (Fsp3) is 0.955. The second kappa shape index (κ2) is 8.79. The van der Waals surface area contributed by atoms with Crippen LogP contribution in [0, 0.1) is 11.3 Å². The molecule has 5 heteroatoms. The number of likely N-dealkylation sites (tertiary alicyclic amines) is 2. The Kier molecular flexibility index (Phi) is 6.40. The molecule has 1 saturated carbocycles. The van der Waals surface area contributed by atoms with E-state index in [1.165, 1.54) is 64.5 Å². The van der Waals surface area contributed by atoms with Crippen molar-refractivity contribution in [3.63, 3.8) is 0 Å². The smallest absolute Gasteiger partial charge is 0.222 e. The average Bonchev–Trinajstić information content (AvgIpc) is 2.98. The number of hydrogen-bond donors (Lipinski definition) is 0. The number of ether oxygens (including phenoxy) is 1. The predicted octanol–water partition coefficient (Wildman–Crippen LogP) is 2.60. The van der Waals surface area contributed by atoms with Gasteiger partial charge in [0.25, 0.3) is 0 Å². The first-order valence-corrected chi connectivity index (χ1v) is 11.4. The van der Waals surface area contributed by atoms with Crippen LogP contribution in [0.1, 0.15) is 57.8 Å². The summed E-state index contributed by atoms with van der Waals surface area (Å²) in [7, 11) is 2.31. The molecular formula is C22H39N3O2. The number of piperidine rings is 1. The predicted molar refractivity (Wildman–Crippen MR) is 108 cm³/mol. The Balaban J connectivity index is 1.24. The van der Waals surface area contributed by atoms with Gasteiger partial charge in [-0.2, -0.15) is 0 Å². The van der Waals surface area contributed by atoms with Gasteiger partial charge < -0.3 is 14.5 Å². The maximum atomic E-state index is 12.8. The Morgan fingerprint density at radius 1 is 1.04 bits per heavy atom. The molecule has 154 valence electrons. The summed E-state index contributed by atoms with van der Waals surface area (Å²) in [5.74, 6) is 1.10. The van der Waals surface area contributed by atoms with Crippen molar-refractivity contribution >= 4 is 5.91 Å². The van der Waals surface area contributed by atoms with Crippen LogP contribution < -0.4 is 0 Å². The molecule has 1 atom stereocenters. The zero-order valence-corrected chi connectivity index (χ0v) is 17.3. The van der Waals surface area contributed by atoms with E-state index in [1.54, 1.807) is 0 Å². The Morgan fingerprint density at radius 2 is 1.74 bits per heavy atom. The van der Waals surface area contributed by atoms with Gasteiger partial charge in [-0.05, 0) is 50.5 Å². The summed E-state index contributed by atoms with van der Waals surface area (Å²) < 4.78 is 5.50. The van der Waals surface area contributed by atoms with Crippen LogP contribution in [0.2, 0.25) is 0 Å². The van der Waals surface area contributed by atoms with Crippen LogP contribution in [-0.4, -0.2) is 86.2 Å². The van der Waals surface area contributed by atoms with Gasteiger partial charge in [0.15, 0.2) is 0 Å². The van der Waals surface area contributed by atoms with Gasteiger partial charge in [0.05, 0.1) is 13.2 Å². The molecule has 0 aromatic rings. The number of rotatable bonds is 4. The number of morpholine rings is 1. The second-order valence-corrected chi connectivity index (χ2v) is 9.77. The van der Waals surface area contributed by atoms with Crippen LogP contribution in [-0.2, 0) is 9.53 Å². The van der Waals surface area contributed by atoms with E-state index < -0.39 is 0 Å². The fourth-order valence-corrected chi connectivity index (χ4v) is 6.02. The molecule has 3 aliphatic heterocycles. The van der Waals surface area contributed by atoms with Crippen LogP contribution in [0.4, 0.5) is 0 Å². The van der Waals surface area contributed by atoms with Crippen molar-refractivity contribution in [2.45, 2.75) is 63.8 Å². The van der Waals surface area contributed by atoms with Gasteiger partial charge in [-0.1, -0.05) is 19.3 Å². The number of amides is 1. The Morgan fingerprint density at radius 3 is 2.44 bits per heavy atom. The standard InChI is InChI=1S/C22H39N3O2/c1-23-18-22(16-20(23)17-24-11-13-27-14-12-24)7-9-25(10-8-22)21(26)15-19-5-3-2-4-6-19/h19-20H,2-18H2,1H3. The van der Waals surface area contributed by atoms with E-state index in [0.717, 1.165) is 45.8 Å². The molecule has 0 N–H and O–H groups in total. The Hall–Kier alpha value is -0.650. The zero-order chi connectivity index (χ0) is 18.7. The molecule has 5 nitrogen and oxygen atoms in total. The van der Waals surface area contributed by atoms with Gasteiger partial charge in [0.2, 0.25) is 5.91 Å². The molecule has 1 aliphatic carbocycles. The molecule has 1 spiro atoms. The highest BCUT2D eigenvalue weighted by Gasteiger charge is 2.45. The van der Waals surface area contributed by atoms with E-state index in [2.05, 4.69) is 21.7 Å². The molecule has 3 heterocycles. The lowest BCUT2D eigenvalue weighted by atomic mass is 9.76. The normalized spacial score (nSPS) is 30.9. The summed E-state index contributed by atoms with van der Waals surface area (Å²) in [6.45, 7) is 8.33.